The molecule has 11 heavy (non-hydrogen) atoms. The highest BCUT2D eigenvalue weighted by Crippen LogP contribution is 2.18. The molecule has 0 fully saturated rings. The molecule has 2 atom stereocenters. The average Bonchev–Trinajstić information content (AvgIpc) is 2.01. The van der Waals surface area contributed by atoms with Gasteiger partial charge in [-0.15, -0.1) is 0 Å². The molecule has 0 spiro atoms. The van der Waals surface area contributed by atoms with Crippen LogP contribution in [0.3, 0.4) is 0 Å². The maximum Gasteiger partial charge on any atom is 0.159 e. The molecule has 2 N–H and O–H groups in total. The number of nitrogens with two attached hydrogens (primary N) is 1. The number of ketones is 1. The van der Waals surface area contributed by atoms with E-state index >= 15 is 0 Å². The smallest absolute Gasteiger partial charge is 0.159 e. The zero-order valence-corrected chi connectivity index (χ0v) is 7.55. The lowest BCUT2D eigenvalue weighted by atomic mass is 9.83. The van der Waals surface area contributed by atoms with E-state index in [0.29, 0.717) is 0 Å². The lowest BCUT2D eigenvalue weighted by Gasteiger charge is -2.28. The van der Waals surface area contributed by atoms with Crippen LogP contribution in [0.2, 0.25) is 0 Å². The average molecular weight is 155 g/mol. The maximum absolute atomic E-state index is 11.1. The van der Waals surface area contributed by atoms with Crippen LogP contribution in [-0.2, 0) is 4.79 Å². The number of carbonyl (C=O) groups excluding carboxylic acids is 1. The van der Waals surface area contributed by atoms with E-state index in [2.05, 4.69) is 6.58 Å². The van der Waals surface area contributed by atoms with Gasteiger partial charge in [0.15, 0.2) is 5.78 Å². The van der Waals surface area contributed by atoms with Gasteiger partial charge < -0.3 is 5.73 Å². The summed E-state index contributed by atoms with van der Waals surface area (Å²) in [5, 5.41) is 0. The summed E-state index contributed by atoms with van der Waals surface area (Å²) in [6, 6.07) is 0. The lowest BCUT2D eigenvalue weighted by Crippen LogP contribution is -2.45. The summed E-state index contributed by atoms with van der Waals surface area (Å²) in [6.07, 6.45) is 2.14. The van der Waals surface area contributed by atoms with Gasteiger partial charge in [-0.1, -0.05) is 20.4 Å². The molecule has 0 aromatic heterocycles. The van der Waals surface area contributed by atoms with Gasteiger partial charge in [0.1, 0.15) is 0 Å². The molecular weight excluding hydrogens is 138 g/mol. The molecule has 0 aromatic carbocycles. The van der Waals surface area contributed by atoms with Gasteiger partial charge in [0.25, 0.3) is 0 Å². The van der Waals surface area contributed by atoms with Crippen LogP contribution in [0.25, 0.3) is 0 Å². The van der Waals surface area contributed by atoms with Gasteiger partial charge in [-0.3, -0.25) is 4.79 Å². The quantitative estimate of drug-likeness (QED) is 0.625. The Labute approximate surface area is 68.5 Å². The molecule has 0 aliphatic heterocycles. The van der Waals surface area contributed by atoms with Crippen molar-refractivity contribution in [3.05, 3.63) is 12.7 Å². The Kier molecular flexibility index (Phi) is 3.46. The highest BCUT2D eigenvalue weighted by atomic mass is 16.1. The van der Waals surface area contributed by atoms with E-state index in [9.17, 15) is 4.79 Å². The topological polar surface area (TPSA) is 43.1 Å². The third-order valence-electron chi connectivity index (χ3n) is 2.38. The van der Waals surface area contributed by atoms with Crippen LogP contribution in [0.15, 0.2) is 12.7 Å². The molecule has 0 saturated heterocycles. The molecule has 0 radical (unpaired) electrons. The molecule has 2 heteroatoms. The number of carbonyl (C=O) groups is 1. The van der Waals surface area contributed by atoms with Gasteiger partial charge in [0.05, 0.1) is 0 Å². The fourth-order valence-corrected chi connectivity index (χ4v) is 0.808. The molecule has 0 amide bonds. The molecule has 0 bridgehead atoms. The second-order valence-electron chi connectivity index (χ2n) is 3.19. The van der Waals surface area contributed by atoms with Crippen molar-refractivity contribution in [1.82, 2.24) is 0 Å². The van der Waals surface area contributed by atoms with Crippen LogP contribution in [0.5, 0.6) is 0 Å². The zero-order valence-electron chi connectivity index (χ0n) is 7.55. The van der Waals surface area contributed by atoms with Gasteiger partial charge in [-0.25, -0.2) is 0 Å². The minimum atomic E-state index is -0.398. The lowest BCUT2D eigenvalue weighted by molar-refractivity contribution is -0.119. The predicted octanol–water partition coefficient (Wildman–Crippen LogP) is 1.50. The van der Waals surface area contributed by atoms with E-state index in [1.165, 1.54) is 6.08 Å². The normalized spacial score (nSPS) is 18.5. The van der Waals surface area contributed by atoms with Crippen LogP contribution >= 0.6 is 0 Å². The molecule has 64 valence electrons. The van der Waals surface area contributed by atoms with Crippen LogP contribution in [0.4, 0.5) is 0 Å². The summed E-state index contributed by atoms with van der Waals surface area (Å²) >= 11 is 0. The number of allylic oxidation sites excluding steroid dienone is 1. The molecule has 0 aliphatic carbocycles. The summed E-state index contributed by atoms with van der Waals surface area (Å²) in [5.74, 6) is -0.109. The third-order valence-corrected chi connectivity index (χ3v) is 2.38. The van der Waals surface area contributed by atoms with E-state index in [4.69, 9.17) is 5.73 Å². The minimum absolute atomic E-state index is 0.0249. The molecule has 2 nitrogen and oxygen atoms in total. The van der Waals surface area contributed by atoms with Crippen molar-refractivity contribution in [1.29, 1.82) is 0 Å². The fourth-order valence-electron chi connectivity index (χ4n) is 0.808. The number of hydrogen-bond acceptors (Lipinski definition) is 2. The fraction of sp³-hybridized carbons (Fsp3) is 0.667. The highest BCUT2D eigenvalue weighted by molar-refractivity contribution is 5.91. The van der Waals surface area contributed by atoms with Gasteiger partial charge in [0.2, 0.25) is 0 Å². The Balaban J connectivity index is 4.33. The zero-order chi connectivity index (χ0) is 9.07. The second kappa shape index (κ2) is 3.67. The number of hydrogen-bond donors (Lipinski definition) is 1. The highest BCUT2D eigenvalue weighted by Gasteiger charge is 2.28. The Hall–Kier alpha value is -0.630. The van der Waals surface area contributed by atoms with Crippen molar-refractivity contribution in [2.75, 3.05) is 0 Å². The maximum atomic E-state index is 11.1. The first-order valence-corrected chi connectivity index (χ1v) is 3.91. The molecule has 0 heterocycles. The summed E-state index contributed by atoms with van der Waals surface area (Å²) in [7, 11) is 0. The van der Waals surface area contributed by atoms with Crippen molar-refractivity contribution >= 4 is 5.78 Å². The van der Waals surface area contributed by atoms with Crippen LogP contribution in [0.1, 0.15) is 27.2 Å². The third kappa shape index (κ3) is 2.46. The summed E-state index contributed by atoms with van der Waals surface area (Å²) < 4.78 is 0. The van der Waals surface area contributed by atoms with Gasteiger partial charge in [-0.05, 0) is 19.4 Å². The standard InChI is InChI=1S/C9H17NO/c1-5-8(11)7(3)9(4,10)6-2/h5,7H,1,6,10H2,2-4H3. The summed E-state index contributed by atoms with van der Waals surface area (Å²) in [6.45, 7) is 9.13. The predicted molar refractivity (Wildman–Crippen MR) is 47.3 cm³/mol. The van der Waals surface area contributed by atoms with Crippen molar-refractivity contribution in [2.24, 2.45) is 11.7 Å². The molecular formula is C9H17NO. The van der Waals surface area contributed by atoms with Gasteiger partial charge >= 0.3 is 0 Å². The summed E-state index contributed by atoms with van der Waals surface area (Å²) in [4.78, 5) is 11.1. The van der Waals surface area contributed by atoms with E-state index < -0.39 is 5.54 Å². The van der Waals surface area contributed by atoms with Crippen molar-refractivity contribution in [3.8, 4) is 0 Å². The van der Waals surface area contributed by atoms with Crippen LogP contribution in [0, 0.1) is 5.92 Å². The van der Waals surface area contributed by atoms with E-state index in [-0.39, 0.29) is 11.7 Å². The Morgan fingerprint density at radius 3 is 2.55 bits per heavy atom. The largest absolute Gasteiger partial charge is 0.325 e. The van der Waals surface area contributed by atoms with Gasteiger partial charge in [-0.2, -0.15) is 0 Å². The molecule has 0 saturated carbocycles. The summed E-state index contributed by atoms with van der Waals surface area (Å²) in [5.41, 5.74) is 5.47. The van der Waals surface area contributed by atoms with Gasteiger partial charge in [0, 0.05) is 11.5 Å². The Bertz CT molecular complexity index is 161. The molecule has 2 unspecified atom stereocenters. The first-order valence-electron chi connectivity index (χ1n) is 3.91. The SMILES string of the molecule is C=CC(=O)C(C)C(C)(N)CC. The van der Waals surface area contributed by atoms with Crippen LogP contribution < -0.4 is 5.73 Å². The minimum Gasteiger partial charge on any atom is -0.325 e. The van der Waals surface area contributed by atoms with E-state index in [0.717, 1.165) is 6.42 Å². The van der Waals surface area contributed by atoms with Crippen molar-refractivity contribution in [2.45, 2.75) is 32.7 Å². The van der Waals surface area contributed by atoms with E-state index in [1.54, 1.807) is 0 Å². The monoisotopic (exact) mass is 155 g/mol. The second-order valence-corrected chi connectivity index (χ2v) is 3.19. The Morgan fingerprint density at radius 1 is 1.82 bits per heavy atom. The first kappa shape index (κ1) is 10.4. The molecule has 0 aliphatic rings. The van der Waals surface area contributed by atoms with Crippen molar-refractivity contribution < 1.29 is 4.79 Å². The molecule has 0 aromatic rings. The Morgan fingerprint density at radius 2 is 2.27 bits per heavy atom. The molecule has 0 rings (SSSR count). The van der Waals surface area contributed by atoms with Crippen molar-refractivity contribution in [3.63, 3.8) is 0 Å². The number of rotatable bonds is 4. The van der Waals surface area contributed by atoms with E-state index in [1.807, 2.05) is 20.8 Å². The van der Waals surface area contributed by atoms with Crippen LogP contribution in [-0.4, -0.2) is 11.3 Å². The first-order chi connectivity index (χ1) is 4.95.